The number of rotatable bonds is 9. The van der Waals surface area contributed by atoms with Crippen LogP contribution in [0.5, 0.6) is 5.75 Å². The molecule has 0 saturated carbocycles. The van der Waals surface area contributed by atoms with Crippen molar-refractivity contribution in [1.82, 2.24) is 10.3 Å². The first-order valence-electron chi connectivity index (χ1n) is 8.82. The van der Waals surface area contributed by atoms with E-state index in [9.17, 15) is 14.4 Å². The van der Waals surface area contributed by atoms with E-state index in [2.05, 4.69) is 24.1 Å². The van der Waals surface area contributed by atoms with Gasteiger partial charge in [-0.25, -0.2) is 0 Å². The first-order chi connectivity index (χ1) is 11.9. The maximum Gasteiger partial charge on any atom is 0.311 e. The predicted molar refractivity (Wildman–Crippen MR) is 97.6 cm³/mol. The molecule has 0 aliphatic rings. The molecule has 1 amide bonds. The average molecular weight is 350 g/mol. The van der Waals surface area contributed by atoms with Gasteiger partial charge in [0.1, 0.15) is 17.2 Å². The van der Waals surface area contributed by atoms with Gasteiger partial charge in [-0.15, -0.1) is 0 Å². The van der Waals surface area contributed by atoms with E-state index in [4.69, 9.17) is 4.74 Å². The first-order valence-corrected chi connectivity index (χ1v) is 8.82. The molecule has 0 bridgehead atoms. The van der Waals surface area contributed by atoms with Crippen LogP contribution in [0.2, 0.25) is 0 Å². The van der Waals surface area contributed by atoms with E-state index in [0.29, 0.717) is 18.6 Å². The normalized spacial score (nSPS) is 9.60. The SMILES string of the molecule is CCCC.CNC(=O)c1cc(OC(=O)CCCCCC(C)=O)ccn1. The van der Waals surface area contributed by atoms with Gasteiger partial charge in [-0.3, -0.25) is 14.6 Å². The average Bonchev–Trinajstić information content (AvgIpc) is 2.60. The fraction of sp³-hybridized carbons (Fsp3) is 0.579. The van der Waals surface area contributed by atoms with Crippen LogP contribution in [-0.2, 0) is 9.59 Å². The second kappa shape index (κ2) is 14.1. The van der Waals surface area contributed by atoms with Gasteiger partial charge in [0, 0.05) is 32.2 Å². The second-order valence-electron chi connectivity index (χ2n) is 5.69. The minimum atomic E-state index is -0.355. The summed E-state index contributed by atoms with van der Waals surface area (Å²) in [7, 11) is 1.50. The molecule has 1 aromatic heterocycles. The molecule has 140 valence electrons. The molecular weight excluding hydrogens is 320 g/mol. The number of carbonyl (C=O) groups excluding carboxylic acids is 3. The molecule has 25 heavy (non-hydrogen) atoms. The molecule has 0 fully saturated rings. The fourth-order valence-electron chi connectivity index (χ4n) is 1.73. The molecule has 0 atom stereocenters. The van der Waals surface area contributed by atoms with Crippen molar-refractivity contribution in [3.63, 3.8) is 0 Å². The Labute approximate surface area is 150 Å². The first kappa shape index (κ1) is 22.8. The highest BCUT2D eigenvalue weighted by Crippen LogP contribution is 2.13. The third-order valence-electron chi connectivity index (χ3n) is 3.33. The summed E-state index contributed by atoms with van der Waals surface area (Å²) >= 11 is 0. The Balaban J connectivity index is 0.00000129. The molecule has 6 nitrogen and oxygen atoms in total. The number of pyridine rings is 1. The lowest BCUT2D eigenvalue weighted by Crippen LogP contribution is -2.19. The number of hydrogen-bond donors (Lipinski definition) is 1. The Morgan fingerprint density at radius 2 is 1.72 bits per heavy atom. The van der Waals surface area contributed by atoms with E-state index in [-0.39, 0.29) is 29.8 Å². The molecule has 0 saturated heterocycles. The summed E-state index contributed by atoms with van der Waals surface area (Å²) in [5, 5.41) is 2.45. The number of nitrogens with one attached hydrogen (secondary N) is 1. The van der Waals surface area contributed by atoms with Crippen molar-refractivity contribution in [3.05, 3.63) is 24.0 Å². The summed E-state index contributed by atoms with van der Waals surface area (Å²) in [4.78, 5) is 37.7. The van der Waals surface area contributed by atoms with Gasteiger partial charge in [-0.05, 0) is 25.8 Å². The van der Waals surface area contributed by atoms with Gasteiger partial charge in [-0.2, -0.15) is 0 Å². The van der Waals surface area contributed by atoms with Gasteiger partial charge in [0.2, 0.25) is 0 Å². The zero-order valence-electron chi connectivity index (χ0n) is 15.8. The maximum absolute atomic E-state index is 11.7. The highest BCUT2D eigenvalue weighted by Gasteiger charge is 2.09. The lowest BCUT2D eigenvalue weighted by atomic mass is 10.1. The Morgan fingerprint density at radius 1 is 1.08 bits per heavy atom. The van der Waals surface area contributed by atoms with E-state index < -0.39 is 0 Å². The van der Waals surface area contributed by atoms with Crippen molar-refractivity contribution in [2.24, 2.45) is 0 Å². The van der Waals surface area contributed by atoms with Gasteiger partial charge in [0.25, 0.3) is 5.91 Å². The number of nitrogens with zero attached hydrogens (tertiary/aromatic N) is 1. The van der Waals surface area contributed by atoms with Crippen LogP contribution in [0.4, 0.5) is 0 Å². The van der Waals surface area contributed by atoms with Crippen LogP contribution in [0, 0.1) is 0 Å². The van der Waals surface area contributed by atoms with Gasteiger partial charge in [-0.1, -0.05) is 33.1 Å². The lowest BCUT2D eigenvalue weighted by molar-refractivity contribution is -0.134. The van der Waals surface area contributed by atoms with Crippen LogP contribution in [0.3, 0.4) is 0 Å². The molecule has 1 N–H and O–H groups in total. The number of ether oxygens (including phenoxy) is 1. The Hall–Kier alpha value is -2.24. The third kappa shape index (κ3) is 11.9. The third-order valence-corrected chi connectivity index (χ3v) is 3.33. The van der Waals surface area contributed by atoms with Crippen molar-refractivity contribution in [2.75, 3.05) is 7.05 Å². The molecule has 0 aromatic carbocycles. The minimum Gasteiger partial charge on any atom is -0.426 e. The zero-order valence-corrected chi connectivity index (χ0v) is 15.8. The van der Waals surface area contributed by atoms with E-state index in [0.717, 1.165) is 12.8 Å². The number of amides is 1. The number of esters is 1. The Kier molecular flexibility index (Phi) is 12.9. The van der Waals surface area contributed by atoms with Crippen molar-refractivity contribution in [3.8, 4) is 5.75 Å². The molecule has 0 aliphatic carbocycles. The van der Waals surface area contributed by atoms with Gasteiger partial charge in [0.05, 0.1) is 0 Å². The van der Waals surface area contributed by atoms with Crippen molar-refractivity contribution < 1.29 is 19.1 Å². The van der Waals surface area contributed by atoms with E-state index >= 15 is 0 Å². The van der Waals surface area contributed by atoms with Crippen molar-refractivity contribution >= 4 is 17.7 Å². The summed E-state index contributed by atoms with van der Waals surface area (Å²) in [6, 6.07) is 2.95. The molecule has 0 radical (unpaired) electrons. The highest BCUT2D eigenvalue weighted by molar-refractivity contribution is 5.92. The molecule has 6 heteroatoms. The summed E-state index contributed by atoms with van der Waals surface area (Å²) in [5.74, 6) is -0.225. The van der Waals surface area contributed by atoms with Gasteiger partial charge >= 0.3 is 5.97 Å². The standard InChI is InChI=1S/C15H20N2O4.C4H10/c1-11(18)6-4-3-5-7-14(19)21-12-8-9-17-13(10-12)15(20)16-2;1-3-4-2/h8-10H,3-7H2,1-2H3,(H,16,20);3-4H2,1-2H3. The van der Waals surface area contributed by atoms with E-state index in [1.165, 1.54) is 38.2 Å². The smallest absolute Gasteiger partial charge is 0.311 e. The minimum absolute atomic E-state index is 0.163. The van der Waals surface area contributed by atoms with Crippen LogP contribution >= 0.6 is 0 Å². The van der Waals surface area contributed by atoms with Gasteiger partial charge in [0.15, 0.2) is 0 Å². The monoisotopic (exact) mass is 350 g/mol. The molecular formula is C19H30N2O4. The molecule has 0 aliphatic heterocycles. The highest BCUT2D eigenvalue weighted by atomic mass is 16.5. The number of hydrogen-bond acceptors (Lipinski definition) is 5. The van der Waals surface area contributed by atoms with Crippen LogP contribution in [0.25, 0.3) is 0 Å². The van der Waals surface area contributed by atoms with Gasteiger partial charge < -0.3 is 14.8 Å². The molecule has 1 rings (SSSR count). The zero-order chi connectivity index (χ0) is 19.1. The fourth-order valence-corrected chi connectivity index (χ4v) is 1.73. The van der Waals surface area contributed by atoms with Crippen LogP contribution in [0.15, 0.2) is 18.3 Å². The number of carbonyl (C=O) groups is 3. The van der Waals surface area contributed by atoms with E-state index in [1.807, 2.05) is 0 Å². The topological polar surface area (TPSA) is 85.4 Å². The van der Waals surface area contributed by atoms with Crippen molar-refractivity contribution in [1.29, 1.82) is 0 Å². The summed E-state index contributed by atoms with van der Waals surface area (Å²) in [5.41, 5.74) is 0.198. The number of unbranched alkanes of at least 4 members (excludes halogenated alkanes) is 3. The molecule has 1 aromatic rings. The second-order valence-corrected chi connectivity index (χ2v) is 5.69. The lowest BCUT2D eigenvalue weighted by Gasteiger charge is -2.05. The molecule has 0 unspecified atom stereocenters. The van der Waals surface area contributed by atoms with Crippen LogP contribution in [-0.4, -0.2) is 29.7 Å². The van der Waals surface area contributed by atoms with E-state index in [1.54, 1.807) is 6.92 Å². The number of ketones is 1. The largest absolute Gasteiger partial charge is 0.426 e. The Morgan fingerprint density at radius 3 is 2.28 bits per heavy atom. The maximum atomic E-state index is 11.7. The number of Topliss-reactive ketones (excluding diaryl/α,β-unsaturated/α-hetero) is 1. The van der Waals surface area contributed by atoms with Crippen LogP contribution < -0.4 is 10.1 Å². The van der Waals surface area contributed by atoms with Crippen molar-refractivity contribution in [2.45, 2.75) is 65.7 Å². The molecule has 1 heterocycles. The Bertz CT molecular complexity index is 542. The predicted octanol–water partition coefficient (Wildman–Crippen LogP) is 3.69. The quantitative estimate of drug-likeness (QED) is 0.542. The van der Waals surface area contributed by atoms with Crippen LogP contribution in [0.1, 0.15) is 76.2 Å². The molecule has 0 spiro atoms. The summed E-state index contributed by atoms with van der Waals surface area (Å²) < 4.78 is 5.15. The number of aromatic nitrogens is 1. The summed E-state index contributed by atoms with van der Waals surface area (Å²) in [6.07, 6.45) is 7.18. The summed E-state index contributed by atoms with van der Waals surface area (Å²) in [6.45, 7) is 5.92.